The summed E-state index contributed by atoms with van der Waals surface area (Å²) in [5.41, 5.74) is 2.47. The van der Waals surface area contributed by atoms with E-state index >= 15 is 0 Å². The Morgan fingerprint density at radius 1 is 1.28 bits per heavy atom. The van der Waals surface area contributed by atoms with Crippen molar-refractivity contribution in [3.63, 3.8) is 0 Å². The molecule has 18 heavy (non-hydrogen) atoms. The monoisotopic (exact) mass is 247 g/mol. The second-order valence-electron chi connectivity index (χ2n) is 5.80. The summed E-state index contributed by atoms with van der Waals surface area (Å²) in [6.45, 7) is 9.81. The van der Waals surface area contributed by atoms with Crippen molar-refractivity contribution in [1.82, 2.24) is 9.97 Å². The predicted octanol–water partition coefficient (Wildman–Crippen LogP) is 3.68. The normalized spacial score (nSPS) is 15.2. The Morgan fingerprint density at radius 2 is 2.00 bits per heavy atom. The molecule has 0 spiro atoms. The Balaban J connectivity index is 2.28. The van der Waals surface area contributed by atoms with Crippen molar-refractivity contribution in [2.75, 3.05) is 11.9 Å². The molecule has 1 heterocycles. The molecule has 3 nitrogen and oxygen atoms in total. The minimum absolute atomic E-state index is 0.624. The van der Waals surface area contributed by atoms with Crippen molar-refractivity contribution in [1.29, 1.82) is 0 Å². The van der Waals surface area contributed by atoms with Crippen LogP contribution in [0.1, 0.15) is 63.0 Å². The molecule has 0 saturated heterocycles. The Hall–Kier alpha value is -1.12. The molecule has 0 aliphatic heterocycles. The fourth-order valence-electron chi connectivity index (χ4n) is 2.11. The molecule has 0 bridgehead atoms. The van der Waals surface area contributed by atoms with E-state index in [0.717, 1.165) is 31.0 Å². The maximum Gasteiger partial charge on any atom is 0.134 e. The highest BCUT2D eigenvalue weighted by Crippen LogP contribution is 2.39. The van der Waals surface area contributed by atoms with Crippen LogP contribution in [0.4, 0.5) is 5.82 Å². The molecule has 100 valence electrons. The van der Waals surface area contributed by atoms with Gasteiger partial charge < -0.3 is 5.32 Å². The maximum absolute atomic E-state index is 4.79. The van der Waals surface area contributed by atoms with Gasteiger partial charge in [-0.25, -0.2) is 9.97 Å². The molecule has 1 aliphatic carbocycles. The van der Waals surface area contributed by atoms with Gasteiger partial charge in [-0.1, -0.05) is 20.8 Å². The molecule has 1 aliphatic rings. The van der Waals surface area contributed by atoms with Gasteiger partial charge in [-0.2, -0.15) is 0 Å². The lowest BCUT2D eigenvalue weighted by molar-refractivity contribution is 0.627. The van der Waals surface area contributed by atoms with Crippen molar-refractivity contribution >= 4 is 5.82 Å². The van der Waals surface area contributed by atoms with Crippen LogP contribution >= 0.6 is 0 Å². The summed E-state index contributed by atoms with van der Waals surface area (Å²) in [5, 5.41) is 3.45. The summed E-state index contributed by atoms with van der Waals surface area (Å²) in [7, 11) is 0. The Morgan fingerprint density at radius 3 is 2.56 bits per heavy atom. The average Bonchev–Trinajstić information content (AvgIpc) is 3.13. The van der Waals surface area contributed by atoms with E-state index in [4.69, 9.17) is 9.97 Å². The van der Waals surface area contributed by atoms with Crippen molar-refractivity contribution < 1.29 is 0 Å². The van der Waals surface area contributed by atoms with Crippen LogP contribution in [-0.4, -0.2) is 16.5 Å². The van der Waals surface area contributed by atoms with Gasteiger partial charge >= 0.3 is 0 Å². The molecule has 0 amide bonds. The zero-order chi connectivity index (χ0) is 13.1. The van der Waals surface area contributed by atoms with E-state index in [1.165, 1.54) is 24.1 Å². The quantitative estimate of drug-likeness (QED) is 0.833. The van der Waals surface area contributed by atoms with Crippen LogP contribution in [0.25, 0.3) is 0 Å². The van der Waals surface area contributed by atoms with Gasteiger partial charge in [0.15, 0.2) is 0 Å². The summed E-state index contributed by atoms with van der Waals surface area (Å²) >= 11 is 0. The first-order chi connectivity index (χ1) is 8.61. The molecule has 2 rings (SSSR count). The molecule has 0 atom stereocenters. The largest absolute Gasteiger partial charge is 0.370 e. The van der Waals surface area contributed by atoms with E-state index < -0.39 is 0 Å². The van der Waals surface area contributed by atoms with Gasteiger partial charge in [0.2, 0.25) is 0 Å². The van der Waals surface area contributed by atoms with Crippen molar-refractivity contribution in [2.24, 2.45) is 5.92 Å². The topological polar surface area (TPSA) is 37.8 Å². The summed E-state index contributed by atoms with van der Waals surface area (Å²) in [5.74, 6) is 3.39. The third kappa shape index (κ3) is 3.21. The second kappa shape index (κ2) is 5.68. The third-order valence-electron chi connectivity index (χ3n) is 3.35. The lowest BCUT2D eigenvalue weighted by Crippen LogP contribution is -2.11. The van der Waals surface area contributed by atoms with E-state index in [0.29, 0.717) is 11.8 Å². The minimum Gasteiger partial charge on any atom is -0.370 e. The van der Waals surface area contributed by atoms with Crippen LogP contribution < -0.4 is 5.32 Å². The first kappa shape index (κ1) is 13.3. The fourth-order valence-corrected chi connectivity index (χ4v) is 2.11. The number of rotatable bonds is 6. The maximum atomic E-state index is 4.79. The highest BCUT2D eigenvalue weighted by atomic mass is 15.0. The van der Waals surface area contributed by atoms with E-state index in [-0.39, 0.29) is 0 Å². The van der Waals surface area contributed by atoms with E-state index in [9.17, 15) is 0 Å². The molecule has 0 unspecified atom stereocenters. The van der Waals surface area contributed by atoms with Crippen LogP contribution in [0.5, 0.6) is 0 Å². The molecule has 1 fully saturated rings. The zero-order valence-electron chi connectivity index (χ0n) is 12.1. The third-order valence-corrected chi connectivity index (χ3v) is 3.35. The van der Waals surface area contributed by atoms with Gasteiger partial charge in [0.1, 0.15) is 11.6 Å². The lowest BCUT2D eigenvalue weighted by Gasteiger charge is -2.14. The van der Waals surface area contributed by atoms with Crippen LogP contribution in [0.3, 0.4) is 0 Å². The summed E-state index contributed by atoms with van der Waals surface area (Å²) < 4.78 is 0. The zero-order valence-corrected chi connectivity index (χ0v) is 12.1. The fraction of sp³-hybridized carbons (Fsp3) is 0.733. The molecular weight excluding hydrogens is 222 g/mol. The Bertz CT molecular complexity index is 408. The van der Waals surface area contributed by atoms with E-state index in [1.807, 2.05) is 0 Å². The van der Waals surface area contributed by atoms with Gasteiger partial charge in [0, 0.05) is 23.7 Å². The minimum atomic E-state index is 0.624. The van der Waals surface area contributed by atoms with E-state index in [2.05, 4.69) is 33.0 Å². The van der Waals surface area contributed by atoms with Gasteiger partial charge in [-0.3, -0.25) is 0 Å². The molecule has 1 saturated carbocycles. The smallest absolute Gasteiger partial charge is 0.134 e. The predicted molar refractivity (Wildman–Crippen MR) is 76.1 cm³/mol. The lowest BCUT2D eigenvalue weighted by atomic mass is 10.0. The van der Waals surface area contributed by atoms with Crippen LogP contribution in [0.2, 0.25) is 0 Å². The van der Waals surface area contributed by atoms with Crippen LogP contribution in [-0.2, 0) is 6.42 Å². The first-order valence-electron chi connectivity index (χ1n) is 7.23. The molecule has 1 N–H and O–H groups in total. The van der Waals surface area contributed by atoms with Gasteiger partial charge in [0.25, 0.3) is 0 Å². The van der Waals surface area contributed by atoms with Crippen molar-refractivity contribution in [3.05, 3.63) is 17.1 Å². The molecule has 1 aromatic rings. The highest BCUT2D eigenvalue weighted by Gasteiger charge is 2.28. The van der Waals surface area contributed by atoms with Gasteiger partial charge in [0.05, 0.1) is 0 Å². The SMILES string of the molecule is CCCNc1nc(C2CC2)nc(CC(C)C)c1C. The standard InChI is InChI=1S/C15H25N3/c1-5-8-16-14-11(4)13(9-10(2)3)17-15(18-14)12-6-7-12/h10,12H,5-9H2,1-4H3,(H,16,17,18). The molecule has 1 aromatic heterocycles. The average molecular weight is 247 g/mol. The van der Waals surface area contributed by atoms with Gasteiger partial charge in [-0.15, -0.1) is 0 Å². The summed E-state index contributed by atoms with van der Waals surface area (Å²) in [4.78, 5) is 9.51. The van der Waals surface area contributed by atoms with Crippen LogP contribution in [0, 0.1) is 12.8 Å². The van der Waals surface area contributed by atoms with Crippen LogP contribution in [0.15, 0.2) is 0 Å². The summed E-state index contributed by atoms with van der Waals surface area (Å²) in [6, 6.07) is 0. The second-order valence-corrected chi connectivity index (χ2v) is 5.80. The van der Waals surface area contributed by atoms with E-state index in [1.54, 1.807) is 0 Å². The first-order valence-corrected chi connectivity index (χ1v) is 7.23. The molecule has 0 aromatic carbocycles. The molecule has 0 radical (unpaired) electrons. The number of nitrogens with zero attached hydrogens (tertiary/aromatic N) is 2. The van der Waals surface area contributed by atoms with Crippen molar-refractivity contribution in [2.45, 2.75) is 59.3 Å². The van der Waals surface area contributed by atoms with Crippen molar-refractivity contribution in [3.8, 4) is 0 Å². The Labute approximate surface area is 110 Å². The highest BCUT2D eigenvalue weighted by molar-refractivity contribution is 5.46. The Kier molecular flexibility index (Phi) is 4.20. The van der Waals surface area contributed by atoms with Gasteiger partial charge in [-0.05, 0) is 38.5 Å². The molecule has 3 heteroatoms. The number of anilines is 1. The number of hydrogen-bond acceptors (Lipinski definition) is 3. The number of nitrogens with one attached hydrogen (secondary N) is 1. The molecular formula is C15H25N3. The number of hydrogen-bond donors (Lipinski definition) is 1. The summed E-state index contributed by atoms with van der Waals surface area (Å²) in [6.07, 6.45) is 4.70. The number of aromatic nitrogens is 2.